The normalized spacial score (nSPS) is 11.6. The SMILES string of the molecule is CB(O)N(C)c1ccc(-c2cc3ccc(OCCOS(C)(=O)=O)cc3s2)cc1. The average Bonchev–Trinajstić information content (AvgIpc) is 3.07. The van der Waals surface area contributed by atoms with Crippen molar-refractivity contribution < 1.29 is 22.4 Å². The molecule has 1 N–H and O–H groups in total. The first-order valence-electron chi connectivity index (χ1n) is 8.75. The lowest BCUT2D eigenvalue weighted by Crippen LogP contribution is -2.32. The molecule has 3 rings (SSSR count). The third-order valence-electron chi connectivity index (χ3n) is 4.26. The van der Waals surface area contributed by atoms with Gasteiger partial charge in [-0.2, -0.15) is 8.42 Å². The highest BCUT2D eigenvalue weighted by molar-refractivity contribution is 7.85. The van der Waals surface area contributed by atoms with Crippen LogP contribution in [0.15, 0.2) is 48.5 Å². The Morgan fingerprint density at radius 1 is 1.11 bits per heavy atom. The first-order valence-corrected chi connectivity index (χ1v) is 11.4. The van der Waals surface area contributed by atoms with Gasteiger partial charge in [-0.05, 0) is 61.2 Å². The van der Waals surface area contributed by atoms with E-state index < -0.39 is 17.2 Å². The summed E-state index contributed by atoms with van der Waals surface area (Å²) in [5, 5.41) is 10.8. The lowest BCUT2D eigenvalue weighted by atomic mass is 9.85. The highest BCUT2D eigenvalue weighted by Gasteiger charge is 2.12. The first kappa shape index (κ1) is 20.7. The standard InChI is InChI=1S/C19H22BNO5S2/c1-20(22)21(2)16-7-4-14(5-8-16)18-12-15-6-9-17(13-19(15)27-18)25-10-11-26-28(3,23)24/h4-9,12-13,22H,10-11H2,1-3H3. The Hall–Kier alpha value is -2.07. The van der Waals surface area contributed by atoms with Crippen LogP contribution in [0.1, 0.15) is 0 Å². The zero-order chi connectivity index (χ0) is 20.3. The summed E-state index contributed by atoms with van der Waals surface area (Å²) in [4.78, 5) is 2.94. The van der Waals surface area contributed by atoms with E-state index in [1.165, 1.54) is 0 Å². The fourth-order valence-electron chi connectivity index (χ4n) is 2.67. The van der Waals surface area contributed by atoms with Crippen LogP contribution in [0.25, 0.3) is 20.5 Å². The van der Waals surface area contributed by atoms with Gasteiger partial charge in [-0.15, -0.1) is 11.3 Å². The summed E-state index contributed by atoms with van der Waals surface area (Å²) in [6.07, 6.45) is 1.02. The molecule has 1 aromatic heterocycles. The second-order valence-corrected chi connectivity index (χ2v) is 9.20. The molecule has 0 spiro atoms. The summed E-state index contributed by atoms with van der Waals surface area (Å²) >= 11 is 1.66. The molecule has 0 unspecified atom stereocenters. The van der Waals surface area contributed by atoms with E-state index in [0.717, 1.165) is 32.5 Å². The molecule has 0 aliphatic rings. The molecule has 0 aliphatic heterocycles. The molecule has 0 radical (unpaired) electrons. The largest absolute Gasteiger partial charge is 0.491 e. The van der Waals surface area contributed by atoms with Crippen LogP contribution >= 0.6 is 11.3 Å². The van der Waals surface area contributed by atoms with Gasteiger partial charge in [0, 0.05) is 15.3 Å². The highest BCUT2D eigenvalue weighted by Crippen LogP contribution is 2.36. The summed E-state index contributed by atoms with van der Waals surface area (Å²) in [7, 11) is -2.14. The molecule has 6 nitrogen and oxygen atoms in total. The number of benzene rings is 2. The zero-order valence-electron chi connectivity index (χ0n) is 16.0. The fourth-order valence-corrected chi connectivity index (χ4v) is 4.13. The van der Waals surface area contributed by atoms with Crippen molar-refractivity contribution in [3.05, 3.63) is 48.5 Å². The predicted molar refractivity (Wildman–Crippen MR) is 116 cm³/mol. The van der Waals surface area contributed by atoms with Crippen molar-refractivity contribution >= 4 is 44.3 Å². The zero-order valence-corrected chi connectivity index (χ0v) is 17.6. The Morgan fingerprint density at radius 2 is 1.82 bits per heavy atom. The van der Waals surface area contributed by atoms with Crippen LogP contribution < -0.4 is 9.55 Å². The van der Waals surface area contributed by atoms with Gasteiger partial charge in [0.05, 0.1) is 6.26 Å². The number of nitrogens with zero attached hydrogens (tertiary/aromatic N) is 1. The van der Waals surface area contributed by atoms with Crippen molar-refractivity contribution in [3.8, 4) is 16.2 Å². The van der Waals surface area contributed by atoms with Gasteiger partial charge in [0.25, 0.3) is 10.1 Å². The third-order valence-corrected chi connectivity index (χ3v) is 6.00. The molecule has 2 aromatic carbocycles. The maximum atomic E-state index is 11.0. The van der Waals surface area contributed by atoms with E-state index in [-0.39, 0.29) is 13.2 Å². The maximum Gasteiger partial charge on any atom is 0.409 e. The van der Waals surface area contributed by atoms with Crippen molar-refractivity contribution in [2.45, 2.75) is 6.82 Å². The minimum atomic E-state index is -3.45. The molecule has 28 heavy (non-hydrogen) atoms. The molecule has 0 bridgehead atoms. The lowest BCUT2D eigenvalue weighted by molar-refractivity contribution is 0.222. The Kier molecular flexibility index (Phi) is 6.29. The molecule has 0 aliphatic carbocycles. The topological polar surface area (TPSA) is 76.1 Å². The molecule has 0 saturated heterocycles. The number of hydrogen-bond donors (Lipinski definition) is 1. The van der Waals surface area contributed by atoms with E-state index >= 15 is 0 Å². The van der Waals surface area contributed by atoms with Crippen molar-refractivity contribution in [1.29, 1.82) is 0 Å². The van der Waals surface area contributed by atoms with Gasteiger partial charge in [-0.1, -0.05) is 12.1 Å². The molecular weight excluding hydrogens is 397 g/mol. The van der Waals surface area contributed by atoms with Crippen molar-refractivity contribution in [2.24, 2.45) is 0 Å². The molecule has 3 aromatic rings. The molecule has 148 valence electrons. The smallest absolute Gasteiger partial charge is 0.409 e. The van der Waals surface area contributed by atoms with E-state index in [4.69, 9.17) is 4.74 Å². The minimum Gasteiger partial charge on any atom is -0.491 e. The predicted octanol–water partition coefficient (Wildman–Crippen LogP) is 3.47. The van der Waals surface area contributed by atoms with E-state index in [0.29, 0.717) is 5.75 Å². The van der Waals surface area contributed by atoms with Crippen LogP contribution in [0.2, 0.25) is 6.82 Å². The quantitative estimate of drug-likeness (QED) is 0.342. The van der Waals surface area contributed by atoms with Gasteiger partial charge >= 0.3 is 7.05 Å². The first-order chi connectivity index (χ1) is 13.2. The summed E-state index contributed by atoms with van der Waals surface area (Å²) in [6.45, 7) is 1.88. The number of thiophene rings is 1. The van der Waals surface area contributed by atoms with E-state index in [9.17, 15) is 13.4 Å². The molecule has 0 atom stereocenters. The van der Waals surface area contributed by atoms with Crippen LogP contribution in [0, 0.1) is 0 Å². The number of fused-ring (bicyclic) bond motifs is 1. The number of hydrogen-bond acceptors (Lipinski definition) is 7. The summed E-state index contributed by atoms with van der Waals surface area (Å²) in [5.41, 5.74) is 2.06. The van der Waals surface area contributed by atoms with Crippen molar-refractivity contribution in [2.75, 3.05) is 31.3 Å². The second kappa shape index (κ2) is 8.52. The van der Waals surface area contributed by atoms with Crippen molar-refractivity contribution in [3.63, 3.8) is 0 Å². The molecular formula is C19H22BNO5S2. The van der Waals surface area contributed by atoms with Crippen LogP contribution in [0.4, 0.5) is 5.69 Å². The van der Waals surface area contributed by atoms with E-state index in [1.54, 1.807) is 23.0 Å². The lowest BCUT2D eigenvalue weighted by Gasteiger charge is -2.19. The molecule has 1 heterocycles. The van der Waals surface area contributed by atoms with E-state index in [1.807, 2.05) is 49.5 Å². The Balaban J connectivity index is 1.72. The van der Waals surface area contributed by atoms with Gasteiger partial charge in [-0.3, -0.25) is 4.18 Å². The van der Waals surface area contributed by atoms with Gasteiger partial charge < -0.3 is 14.6 Å². The minimum absolute atomic E-state index is 0.0141. The highest BCUT2D eigenvalue weighted by atomic mass is 32.2. The summed E-state index contributed by atoms with van der Waals surface area (Å²) < 4.78 is 33.2. The van der Waals surface area contributed by atoms with Gasteiger partial charge in [0.1, 0.15) is 19.0 Å². The number of anilines is 1. The Bertz CT molecular complexity index is 1050. The van der Waals surface area contributed by atoms with Crippen LogP contribution in [-0.4, -0.2) is 47.0 Å². The van der Waals surface area contributed by atoms with Gasteiger partial charge in [-0.25, -0.2) is 0 Å². The second-order valence-electron chi connectivity index (χ2n) is 6.47. The average molecular weight is 419 g/mol. The summed E-state index contributed by atoms with van der Waals surface area (Å²) in [6, 6.07) is 16.0. The molecule has 0 saturated carbocycles. The van der Waals surface area contributed by atoms with Gasteiger partial charge in [0.15, 0.2) is 0 Å². The van der Waals surface area contributed by atoms with Crippen LogP contribution in [0.5, 0.6) is 5.75 Å². The molecule has 9 heteroatoms. The van der Waals surface area contributed by atoms with Crippen LogP contribution in [0.3, 0.4) is 0 Å². The van der Waals surface area contributed by atoms with Crippen LogP contribution in [-0.2, 0) is 14.3 Å². The monoisotopic (exact) mass is 419 g/mol. The van der Waals surface area contributed by atoms with Gasteiger partial charge in [0.2, 0.25) is 0 Å². The number of ether oxygens (including phenoxy) is 1. The third kappa shape index (κ3) is 5.26. The molecule has 0 amide bonds. The Morgan fingerprint density at radius 3 is 2.46 bits per heavy atom. The molecule has 0 fully saturated rings. The summed E-state index contributed by atoms with van der Waals surface area (Å²) in [5.74, 6) is 0.673. The fraction of sp³-hybridized carbons (Fsp3) is 0.263. The van der Waals surface area contributed by atoms with Crippen molar-refractivity contribution in [1.82, 2.24) is 0 Å². The van der Waals surface area contributed by atoms with E-state index in [2.05, 4.69) is 10.2 Å². The number of rotatable bonds is 8. The maximum absolute atomic E-state index is 11.0. The Labute approximate surface area is 169 Å².